The SMILES string of the molecule is CCC(CNC(=O)c1ccc(-c2cccc3c(N)ccnc23)cc1)N(C)C. The van der Waals surface area contributed by atoms with Gasteiger partial charge in [-0.2, -0.15) is 0 Å². The van der Waals surface area contributed by atoms with Crippen LogP contribution in [0.2, 0.25) is 0 Å². The lowest BCUT2D eigenvalue weighted by atomic mass is 10.00. The van der Waals surface area contributed by atoms with Crippen LogP contribution in [0.1, 0.15) is 23.7 Å². The van der Waals surface area contributed by atoms with Crippen molar-refractivity contribution in [3.63, 3.8) is 0 Å². The van der Waals surface area contributed by atoms with Gasteiger partial charge in [0.2, 0.25) is 0 Å². The van der Waals surface area contributed by atoms with E-state index in [1.165, 1.54) is 0 Å². The summed E-state index contributed by atoms with van der Waals surface area (Å²) in [5.41, 5.74) is 10.3. The number of nitrogen functional groups attached to an aromatic ring is 1. The smallest absolute Gasteiger partial charge is 0.251 e. The zero-order valence-electron chi connectivity index (χ0n) is 16.1. The monoisotopic (exact) mass is 362 g/mol. The molecule has 3 aromatic rings. The van der Waals surface area contributed by atoms with Gasteiger partial charge in [0.25, 0.3) is 5.91 Å². The summed E-state index contributed by atoms with van der Waals surface area (Å²) in [6.07, 6.45) is 2.71. The first kappa shape index (κ1) is 18.9. The minimum absolute atomic E-state index is 0.0536. The Balaban J connectivity index is 1.80. The molecule has 0 aliphatic heterocycles. The topological polar surface area (TPSA) is 71.2 Å². The molecule has 1 heterocycles. The van der Waals surface area contributed by atoms with Crippen LogP contribution < -0.4 is 11.1 Å². The number of anilines is 1. The number of fused-ring (bicyclic) bond motifs is 1. The number of likely N-dealkylation sites (N-methyl/N-ethyl adjacent to an activating group) is 1. The number of nitrogens with zero attached hydrogens (tertiary/aromatic N) is 2. The van der Waals surface area contributed by atoms with Gasteiger partial charge >= 0.3 is 0 Å². The standard InChI is InChI=1S/C22H26N4O/c1-4-17(26(2)3)14-25-22(27)16-10-8-15(9-11-16)18-6-5-7-19-20(23)12-13-24-21(18)19/h5-13,17H,4,14H2,1-3H3,(H2,23,24)(H,25,27). The van der Waals surface area contributed by atoms with Gasteiger partial charge in [-0.25, -0.2) is 0 Å². The van der Waals surface area contributed by atoms with Gasteiger partial charge in [-0.15, -0.1) is 0 Å². The Morgan fingerprint density at radius 2 is 1.89 bits per heavy atom. The van der Waals surface area contributed by atoms with Crippen molar-refractivity contribution in [3.05, 3.63) is 60.3 Å². The molecule has 1 atom stereocenters. The number of para-hydroxylation sites is 1. The molecule has 1 amide bonds. The second-order valence-corrected chi connectivity index (χ2v) is 6.91. The Morgan fingerprint density at radius 1 is 1.15 bits per heavy atom. The molecule has 0 aliphatic carbocycles. The largest absolute Gasteiger partial charge is 0.398 e. The number of nitrogens with one attached hydrogen (secondary N) is 1. The third kappa shape index (κ3) is 4.09. The molecule has 5 nitrogen and oxygen atoms in total. The molecular weight excluding hydrogens is 336 g/mol. The van der Waals surface area contributed by atoms with Gasteiger partial charge in [0.15, 0.2) is 0 Å². The highest BCUT2D eigenvalue weighted by Crippen LogP contribution is 2.29. The van der Waals surface area contributed by atoms with Gasteiger partial charge < -0.3 is 16.0 Å². The van der Waals surface area contributed by atoms with E-state index in [0.717, 1.165) is 28.5 Å². The third-order valence-electron chi connectivity index (χ3n) is 4.96. The first-order valence-corrected chi connectivity index (χ1v) is 9.19. The van der Waals surface area contributed by atoms with Crippen LogP contribution in [0.15, 0.2) is 54.7 Å². The van der Waals surface area contributed by atoms with E-state index in [9.17, 15) is 4.79 Å². The molecule has 0 saturated carbocycles. The van der Waals surface area contributed by atoms with Crippen LogP contribution in [-0.2, 0) is 0 Å². The summed E-state index contributed by atoms with van der Waals surface area (Å²) in [6.45, 7) is 2.76. The highest BCUT2D eigenvalue weighted by atomic mass is 16.1. The zero-order valence-corrected chi connectivity index (χ0v) is 16.1. The predicted molar refractivity (Wildman–Crippen MR) is 112 cm³/mol. The summed E-state index contributed by atoms with van der Waals surface area (Å²) >= 11 is 0. The molecule has 27 heavy (non-hydrogen) atoms. The number of rotatable bonds is 6. The second kappa shape index (κ2) is 8.18. The Hall–Kier alpha value is -2.92. The van der Waals surface area contributed by atoms with E-state index >= 15 is 0 Å². The van der Waals surface area contributed by atoms with Crippen molar-refractivity contribution in [2.75, 3.05) is 26.4 Å². The molecule has 3 rings (SSSR count). The van der Waals surface area contributed by atoms with E-state index in [0.29, 0.717) is 23.8 Å². The summed E-state index contributed by atoms with van der Waals surface area (Å²) in [6, 6.07) is 15.7. The maximum atomic E-state index is 12.4. The summed E-state index contributed by atoms with van der Waals surface area (Å²) < 4.78 is 0. The van der Waals surface area contributed by atoms with Gasteiger partial charge in [-0.3, -0.25) is 9.78 Å². The Kier molecular flexibility index (Phi) is 5.72. The number of benzene rings is 2. The Morgan fingerprint density at radius 3 is 2.56 bits per heavy atom. The molecule has 1 unspecified atom stereocenters. The minimum Gasteiger partial charge on any atom is -0.398 e. The number of carbonyl (C=O) groups is 1. The molecule has 0 spiro atoms. The average Bonchev–Trinajstić information content (AvgIpc) is 2.68. The van der Waals surface area contributed by atoms with Crippen molar-refractivity contribution in [3.8, 4) is 11.1 Å². The predicted octanol–water partition coefficient (Wildman–Crippen LogP) is 3.55. The zero-order chi connectivity index (χ0) is 19.4. The fourth-order valence-corrected chi connectivity index (χ4v) is 3.24. The molecule has 0 aliphatic rings. The van der Waals surface area contributed by atoms with E-state index < -0.39 is 0 Å². The van der Waals surface area contributed by atoms with Crippen molar-refractivity contribution in [2.45, 2.75) is 19.4 Å². The molecule has 0 fully saturated rings. The molecule has 2 aromatic carbocycles. The van der Waals surface area contributed by atoms with E-state index in [4.69, 9.17) is 5.73 Å². The maximum Gasteiger partial charge on any atom is 0.251 e. The fourth-order valence-electron chi connectivity index (χ4n) is 3.24. The van der Waals surface area contributed by atoms with Gasteiger partial charge in [-0.05, 0) is 44.3 Å². The van der Waals surface area contributed by atoms with Crippen LogP contribution in [0.3, 0.4) is 0 Å². The molecule has 3 N–H and O–H groups in total. The lowest BCUT2D eigenvalue weighted by Crippen LogP contribution is -2.39. The number of nitrogens with two attached hydrogens (primary N) is 1. The number of hydrogen-bond donors (Lipinski definition) is 2. The Labute approximate surface area is 160 Å². The Bertz CT molecular complexity index is 935. The van der Waals surface area contributed by atoms with E-state index in [1.54, 1.807) is 12.3 Å². The quantitative estimate of drug-likeness (QED) is 0.703. The molecule has 0 radical (unpaired) electrons. The van der Waals surface area contributed by atoms with Crippen LogP contribution in [0.4, 0.5) is 5.69 Å². The van der Waals surface area contributed by atoms with Crippen LogP contribution in [0.25, 0.3) is 22.0 Å². The highest BCUT2D eigenvalue weighted by Gasteiger charge is 2.12. The molecule has 5 heteroatoms. The van der Waals surface area contributed by atoms with Crippen LogP contribution in [0.5, 0.6) is 0 Å². The lowest BCUT2D eigenvalue weighted by Gasteiger charge is -2.23. The van der Waals surface area contributed by atoms with Gasteiger partial charge in [0.05, 0.1) is 5.52 Å². The first-order valence-electron chi connectivity index (χ1n) is 9.19. The number of hydrogen-bond acceptors (Lipinski definition) is 4. The summed E-state index contributed by atoms with van der Waals surface area (Å²) in [5.74, 6) is -0.0536. The van der Waals surface area contributed by atoms with Crippen molar-refractivity contribution in [1.29, 1.82) is 0 Å². The molecule has 0 bridgehead atoms. The lowest BCUT2D eigenvalue weighted by molar-refractivity contribution is 0.0941. The summed E-state index contributed by atoms with van der Waals surface area (Å²) in [4.78, 5) is 19.0. The van der Waals surface area contributed by atoms with Crippen LogP contribution >= 0.6 is 0 Å². The van der Waals surface area contributed by atoms with Gasteiger partial charge in [0, 0.05) is 41.0 Å². The van der Waals surface area contributed by atoms with Crippen LogP contribution in [0, 0.1) is 0 Å². The van der Waals surface area contributed by atoms with Gasteiger partial charge in [-0.1, -0.05) is 37.3 Å². The number of aromatic nitrogens is 1. The molecule has 1 aromatic heterocycles. The van der Waals surface area contributed by atoms with E-state index in [-0.39, 0.29) is 5.91 Å². The van der Waals surface area contributed by atoms with E-state index in [1.807, 2.05) is 56.6 Å². The molecular formula is C22H26N4O. The summed E-state index contributed by atoms with van der Waals surface area (Å²) in [7, 11) is 4.06. The molecule has 140 valence electrons. The average molecular weight is 362 g/mol. The third-order valence-corrected chi connectivity index (χ3v) is 4.96. The molecule has 0 saturated heterocycles. The highest BCUT2D eigenvalue weighted by molar-refractivity contribution is 6.00. The fraction of sp³-hybridized carbons (Fsp3) is 0.273. The van der Waals surface area contributed by atoms with Crippen molar-refractivity contribution < 1.29 is 4.79 Å². The number of pyridine rings is 1. The van der Waals surface area contributed by atoms with Crippen molar-refractivity contribution in [2.24, 2.45) is 0 Å². The normalized spacial score (nSPS) is 12.3. The number of carbonyl (C=O) groups excluding carboxylic acids is 1. The number of amides is 1. The first-order chi connectivity index (χ1) is 13.0. The van der Waals surface area contributed by atoms with E-state index in [2.05, 4.69) is 22.1 Å². The van der Waals surface area contributed by atoms with Crippen LogP contribution in [-0.4, -0.2) is 42.5 Å². The maximum absolute atomic E-state index is 12.4. The van der Waals surface area contributed by atoms with Crippen molar-refractivity contribution >= 4 is 22.5 Å². The second-order valence-electron chi connectivity index (χ2n) is 6.91. The minimum atomic E-state index is -0.0536. The van der Waals surface area contributed by atoms with Crippen molar-refractivity contribution in [1.82, 2.24) is 15.2 Å². The van der Waals surface area contributed by atoms with Gasteiger partial charge in [0.1, 0.15) is 0 Å². The summed E-state index contributed by atoms with van der Waals surface area (Å²) in [5, 5.41) is 3.95.